The van der Waals surface area contributed by atoms with E-state index in [-0.39, 0.29) is 74.7 Å². The highest BCUT2D eigenvalue weighted by molar-refractivity contribution is 14.1. The fourth-order valence-corrected chi connectivity index (χ4v) is 14.9. The molecule has 0 heterocycles. The van der Waals surface area contributed by atoms with Gasteiger partial charge in [0.05, 0.1) is 90.1 Å². The van der Waals surface area contributed by atoms with Gasteiger partial charge in [0, 0.05) is 63.0 Å². The molecule has 0 aromatic heterocycles. The number of carbonyl (C=O) groups is 6. The van der Waals surface area contributed by atoms with Crippen LogP contribution in [0.1, 0.15) is 48.4 Å². The van der Waals surface area contributed by atoms with Crippen LogP contribution in [0, 0.1) is 21.4 Å². The maximum absolute atomic E-state index is 14.7. The third kappa shape index (κ3) is 14.0. The highest BCUT2D eigenvalue weighted by Gasteiger charge is 2.39. The molecule has 2 aromatic rings. The van der Waals surface area contributed by atoms with Crippen LogP contribution in [0.4, 0.5) is 11.4 Å². The summed E-state index contributed by atoms with van der Waals surface area (Å²) >= 11 is 10.7. The number of hydrogen-bond donors (Lipinski definition) is 11. The highest BCUT2D eigenvalue weighted by Crippen LogP contribution is 2.40. The molecule has 2 aromatic carbocycles. The number of benzene rings is 2. The SMILES string of the molecule is CNC(C(=O)c1c(I)c(NC(C)=O)c(I)c(C(=O)NCC(O)CO)c1I)C(=O)N(C)c1c(I)c(C(=O)N(CCO)CC(O)CO)c(I)c(C(=O)N(CCO)CC(O)CO)c1I. The van der Waals surface area contributed by atoms with Crippen molar-refractivity contribution < 1.29 is 69.6 Å². The number of carbonyl (C=O) groups excluding carboxylic acids is 6. The summed E-state index contributed by atoms with van der Waals surface area (Å²) in [7, 11) is 2.61. The smallest absolute Gasteiger partial charge is 0.256 e. The molecule has 4 unspecified atom stereocenters. The number of ketones is 1. The number of hydrogen-bond acceptors (Lipinski definition) is 15. The molecule has 26 heteroatoms. The van der Waals surface area contributed by atoms with Crippen LogP contribution in [0.15, 0.2) is 0 Å². The molecule has 5 amide bonds. The topological polar surface area (TPSA) is 310 Å². The van der Waals surface area contributed by atoms with Crippen LogP contribution >= 0.6 is 136 Å². The zero-order valence-electron chi connectivity index (χ0n) is 32.5. The molecule has 2 rings (SSSR count). The standard InChI is InChI=1S/C35H44I6N6O14/c1-14(53)44-28-24(38)18(22(36)19(25(28)39)32(58)43-8-15(54)11-50)31(57)29(42-2)35(61)45(3)30-26(40)20(33(59)46(4-6-48)9-16(55)12-51)23(37)21(27(30)41)34(60)47(5-7-49)10-17(56)13-52/h15-17,29,42,48-52,54-56H,4-13H2,1-3H3,(H,43,58)(H,44,53). The molecule has 0 saturated carbocycles. The van der Waals surface area contributed by atoms with E-state index in [2.05, 4.69) is 16.0 Å². The number of rotatable bonds is 22. The molecular weight excluding hydrogens is 1490 g/mol. The van der Waals surface area contributed by atoms with Gasteiger partial charge in [-0.1, -0.05) is 0 Å². The Morgan fingerprint density at radius 3 is 1.44 bits per heavy atom. The minimum Gasteiger partial charge on any atom is -0.395 e. The van der Waals surface area contributed by atoms with Crippen molar-refractivity contribution in [1.29, 1.82) is 0 Å². The lowest BCUT2D eigenvalue weighted by Crippen LogP contribution is -2.50. The largest absolute Gasteiger partial charge is 0.395 e. The van der Waals surface area contributed by atoms with Gasteiger partial charge in [-0.2, -0.15) is 0 Å². The highest BCUT2D eigenvalue weighted by atomic mass is 127. The van der Waals surface area contributed by atoms with Crippen molar-refractivity contribution in [1.82, 2.24) is 20.4 Å². The van der Waals surface area contributed by atoms with Crippen LogP contribution in [-0.4, -0.2) is 190 Å². The lowest BCUT2D eigenvalue weighted by atomic mass is 9.98. The van der Waals surface area contributed by atoms with E-state index in [1.807, 2.05) is 45.2 Å². The summed E-state index contributed by atoms with van der Waals surface area (Å²) in [6.07, 6.45) is -4.13. The summed E-state index contributed by atoms with van der Waals surface area (Å²) in [6.45, 7) is -3.84. The summed E-state index contributed by atoms with van der Waals surface area (Å²) in [4.78, 5) is 87.1. The van der Waals surface area contributed by atoms with Gasteiger partial charge in [0.1, 0.15) is 0 Å². The molecule has 11 N–H and O–H groups in total. The van der Waals surface area contributed by atoms with Crippen molar-refractivity contribution in [2.24, 2.45) is 0 Å². The van der Waals surface area contributed by atoms with Crippen molar-refractivity contribution in [3.8, 4) is 0 Å². The Balaban J connectivity index is 3.00. The Morgan fingerprint density at radius 2 is 1.05 bits per heavy atom. The Morgan fingerprint density at radius 1 is 0.623 bits per heavy atom. The number of nitrogens with one attached hydrogen (secondary N) is 3. The first-order chi connectivity index (χ1) is 28.6. The fourth-order valence-electron chi connectivity index (χ4n) is 5.60. The average Bonchev–Trinajstić information content (AvgIpc) is 3.20. The maximum atomic E-state index is 14.7. The first kappa shape index (κ1) is 56.6. The van der Waals surface area contributed by atoms with Crippen molar-refractivity contribution in [2.45, 2.75) is 31.3 Å². The fraction of sp³-hybridized carbons (Fsp3) is 0.486. The van der Waals surface area contributed by atoms with Gasteiger partial charge >= 0.3 is 0 Å². The van der Waals surface area contributed by atoms with E-state index in [1.165, 1.54) is 21.0 Å². The summed E-state index contributed by atoms with van der Waals surface area (Å²) in [5, 5.41) is 86.3. The van der Waals surface area contributed by atoms with E-state index in [9.17, 15) is 69.6 Å². The first-order valence-corrected chi connectivity index (χ1v) is 24.2. The average molecular weight is 1530 g/mol. The summed E-state index contributed by atoms with van der Waals surface area (Å²) in [6, 6.07) is -1.72. The second kappa shape index (κ2) is 26.6. The van der Waals surface area contributed by atoms with Crippen molar-refractivity contribution in [3.05, 3.63) is 43.7 Å². The van der Waals surface area contributed by atoms with Crippen LogP contribution in [0.2, 0.25) is 0 Å². The van der Waals surface area contributed by atoms with E-state index in [0.29, 0.717) is 0 Å². The monoisotopic (exact) mass is 1530 g/mol. The van der Waals surface area contributed by atoms with E-state index in [4.69, 9.17) is 0 Å². The van der Waals surface area contributed by atoms with Gasteiger partial charge in [-0.3, -0.25) is 28.8 Å². The first-order valence-electron chi connectivity index (χ1n) is 17.7. The van der Waals surface area contributed by atoms with Gasteiger partial charge in [0.25, 0.3) is 23.6 Å². The van der Waals surface area contributed by atoms with Crippen LogP contribution in [0.25, 0.3) is 0 Å². The molecule has 0 saturated heterocycles. The predicted octanol–water partition coefficient (Wildman–Crippen LogP) is -0.635. The van der Waals surface area contributed by atoms with Crippen LogP contribution < -0.4 is 20.9 Å². The molecule has 4 atom stereocenters. The second-order valence-electron chi connectivity index (χ2n) is 12.9. The van der Waals surface area contributed by atoms with Crippen LogP contribution in [0.5, 0.6) is 0 Å². The van der Waals surface area contributed by atoms with E-state index < -0.39 is 106 Å². The van der Waals surface area contributed by atoms with Crippen molar-refractivity contribution in [2.75, 3.05) is 90.1 Å². The minimum absolute atomic E-state index is 0.0425. The number of amides is 5. The number of Topliss-reactive ketones (excluding diaryl/α,β-unsaturated/α-hetero) is 1. The molecule has 0 aliphatic heterocycles. The van der Waals surface area contributed by atoms with E-state index in [0.717, 1.165) is 14.7 Å². The van der Waals surface area contributed by atoms with Crippen molar-refractivity contribution in [3.63, 3.8) is 0 Å². The quantitative estimate of drug-likeness (QED) is 0.0397. The molecule has 340 valence electrons. The Bertz CT molecular complexity index is 1920. The molecule has 0 spiro atoms. The maximum Gasteiger partial charge on any atom is 0.256 e. The van der Waals surface area contributed by atoms with Crippen LogP contribution in [0.3, 0.4) is 0 Å². The number of likely N-dealkylation sites (N-methyl/N-ethyl adjacent to an activating group) is 2. The summed E-state index contributed by atoms with van der Waals surface area (Å²) < 4.78 is 0.718. The van der Waals surface area contributed by atoms with E-state index in [1.54, 1.807) is 90.4 Å². The number of aliphatic hydroxyl groups is 8. The molecule has 0 aliphatic rings. The molecule has 0 bridgehead atoms. The van der Waals surface area contributed by atoms with E-state index >= 15 is 0 Å². The van der Waals surface area contributed by atoms with Gasteiger partial charge in [-0.25, -0.2) is 0 Å². The van der Waals surface area contributed by atoms with Gasteiger partial charge in [-0.05, 0) is 143 Å². The lowest BCUT2D eigenvalue weighted by Gasteiger charge is -2.31. The third-order valence-corrected chi connectivity index (χ3v) is 15.0. The lowest BCUT2D eigenvalue weighted by molar-refractivity contribution is -0.119. The summed E-state index contributed by atoms with van der Waals surface area (Å²) in [5.74, 6) is -4.72. The molecular formula is C35H44I6N6O14. The second-order valence-corrected chi connectivity index (χ2v) is 19.4. The molecule has 0 aliphatic carbocycles. The number of anilines is 2. The zero-order valence-corrected chi connectivity index (χ0v) is 45.5. The molecule has 0 fully saturated rings. The van der Waals surface area contributed by atoms with Crippen molar-refractivity contribution >= 4 is 182 Å². The number of halogens is 6. The predicted molar refractivity (Wildman–Crippen MR) is 272 cm³/mol. The number of aliphatic hydroxyl groups excluding tert-OH is 8. The Kier molecular flexibility index (Phi) is 24.7. The van der Waals surface area contributed by atoms with Crippen LogP contribution in [-0.2, 0) is 9.59 Å². The minimum atomic E-state index is -1.72. The number of nitrogens with zero attached hydrogens (tertiary/aromatic N) is 3. The summed E-state index contributed by atoms with van der Waals surface area (Å²) in [5.41, 5.74) is -0.492. The normalized spacial score (nSPS) is 13.2. The Hall–Kier alpha value is -0.520. The van der Waals surface area contributed by atoms with Gasteiger partial charge in [0.15, 0.2) is 11.8 Å². The van der Waals surface area contributed by atoms with Gasteiger partial charge in [-0.15, -0.1) is 0 Å². The molecule has 20 nitrogen and oxygen atoms in total. The molecule has 61 heavy (non-hydrogen) atoms. The third-order valence-electron chi connectivity index (χ3n) is 8.58. The molecule has 0 radical (unpaired) electrons. The van der Waals surface area contributed by atoms with Gasteiger partial charge < -0.3 is 71.5 Å². The Labute approximate surface area is 432 Å². The van der Waals surface area contributed by atoms with Gasteiger partial charge in [0.2, 0.25) is 5.91 Å². The zero-order chi connectivity index (χ0) is 46.6.